The molecule has 6 nitrogen and oxygen atoms in total. The Labute approximate surface area is 210 Å². The first-order chi connectivity index (χ1) is 16.9. The van der Waals surface area contributed by atoms with Gasteiger partial charge in [0.15, 0.2) is 17.3 Å². The first-order valence-electron chi connectivity index (χ1n) is 11.8. The van der Waals surface area contributed by atoms with Crippen molar-refractivity contribution in [2.45, 2.75) is 44.9 Å². The number of Topliss-reactive ketones (excluding diaryl/α,β-unsaturated/α-hetero) is 1. The normalized spacial score (nSPS) is 19.7. The minimum Gasteiger partial charge on any atom is -0.493 e. The van der Waals surface area contributed by atoms with Crippen LogP contribution in [-0.4, -0.2) is 32.6 Å². The van der Waals surface area contributed by atoms with E-state index in [0.717, 1.165) is 16.8 Å². The lowest BCUT2D eigenvalue weighted by molar-refractivity contribution is -0.139. The smallest absolute Gasteiger partial charge is 0.336 e. The van der Waals surface area contributed by atoms with E-state index in [-0.39, 0.29) is 11.7 Å². The molecule has 0 unspecified atom stereocenters. The summed E-state index contributed by atoms with van der Waals surface area (Å²) in [6.45, 7) is 4.10. The molecule has 0 spiro atoms. The molecule has 0 fully saturated rings. The lowest BCUT2D eigenvalue weighted by Gasteiger charge is -2.37. The molecular weight excluding hydrogens is 466 g/mol. The summed E-state index contributed by atoms with van der Waals surface area (Å²) in [6, 6.07) is 13.1. The maximum Gasteiger partial charge on any atom is 0.336 e. The van der Waals surface area contributed by atoms with Crippen molar-refractivity contribution in [2.75, 3.05) is 20.8 Å². The fraction of sp³-hybridized carbons (Fsp3) is 0.357. The van der Waals surface area contributed by atoms with Gasteiger partial charge >= 0.3 is 5.97 Å². The molecule has 2 aliphatic rings. The molecule has 184 valence electrons. The second kappa shape index (κ2) is 10.6. The van der Waals surface area contributed by atoms with Crippen LogP contribution in [0.15, 0.2) is 65.0 Å². The third-order valence-electron chi connectivity index (χ3n) is 6.58. The van der Waals surface area contributed by atoms with Gasteiger partial charge in [-0.05, 0) is 55.0 Å². The number of carbonyl (C=O) groups is 2. The predicted octanol–water partition coefficient (Wildman–Crippen LogP) is 5.67. The van der Waals surface area contributed by atoms with Crippen LogP contribution in [0.3, 0.4) is 0 Å². The van der Waals surface area contributed by atoms with E-state index >= 15 is 0 Å². The number of ketones is 1. The van der Waals surface area contributed by atoms with Crippen molar-refractivity contribution < 1.29 is 23.8 Å². The molecule has 2 aromatic rings. The Balaban J connectivity index is 1.77. The highest BCUT2D eigenvalue weighted by atomic mass is 35.5. The fourth-order valence-electron chi connectivity index (χ4n) is 4.94. The van der Waals surface area contributed by atoms with Gasteiger partial charge in [0.1, 0.15) is 0 Å². The molecule has 4 rings (SSSR count). The van der Waals surface area contributed by atoms with Crippen molar-refractivity contribution >= 4 is 23.4 Å². The number of carbonyl (C=O) groups excluding carboxylic acids is 2. The Morgan fingerprint density at radius 1 is 1.09 bits per heavy atom. The van der Waals surface area contributed by atoms with E-state index in [4.69, 9.17) is 25.8 Å². The zero-order valence-electron chi connectivity index (χ0n) is 20.4. The first-order valence-corrected chi connectivity index (χ1v) is 12.1. The average Bonchev–Trinajstić information content (AvgIpc) is 2.86. The molecule has 1 aliphatic carbocycles. The third-order valence-corrected chi connectivity index (χ3v) is 6.92. The lowest BCUT2D eigenvalue weighted by Crippen LogP contribution is -2.36. The van der Waals surface area contributed by atoms with E-state index in [9.17, 15) is 9.59 Å². The number of allylic oxidation sites excluding steroid dienone is 3. The summed E-state index contributed by atoms with van der Waals surface area (Å²) < 4.78 is 16.3. The van der Waals surface area contributed by atoms with Gasteiger partial charge in [-0.15, -0.1) is 0 Å². The molecule has 35 heavy (non-hydrogen) atoms. The number of halogens is 1. The van der Waals surface area contributed by atoms with Crippen molar-refractivity contribution in [3.8, 4) is 11.5 Å². The summed E-state index contributed by atoms with van der Waals surface area (Å²) in [5.74, 6) is 0.201. The van der Waals surface area contributed by atoms with E-state index in [1.54, 1.807) is 20.3 Å². The van der Waals surface area contributed by atoms with Crippen molar-refractivity contribution in [1.82, 2.24) is 5.32 Å². The number of ether oxygens (including phenoxy) is 3. The van der Waals surface area contributed by atoms with Crippen LogP contribution in [0.4, 0.5) is 0 Å². The lowest BCUT2D eigenvalue weighted by atomic mass is 9.71. The molecule has 1 heterocycles. The molecular formula is C28H30ClNO5. The van der Waals surface area contributed by atoms with Gasteiger partial charge in [0.05, 0.1) is 26.4 Å². The van der Waals surface area contributed by atoms with Crippen molar-refractivity contribution in [3.63, 3.8) is 0 Å². The van der Waals surface area contributed by atoms with Gasteiger partial charge in [-0.3, -0.25) is 4.79 Å². The van der Waals surface area contributed by atoms with Gasteiger partial charge in [0.2, 0.25) is 0 Å². The van der Waals surface area contributed by atoms with E-state index in [2.05, 4.69) is 5.32 Å². The standard InChI is InChI=1S/C28H30ClNO5/c1-5-12-35-28(32)25-16(2)30-21-13-18(17-10-11-23(33-3)24(15-17)34-4)14-22(31)27(21)26(25)19-8-6-7-9-20(19)29/h6-11,15,18,26,30H,5,12-14H2,1-4H3/t18-,26+/m1/s1. The summed E-state index contributed by atoms with van der Waals surface area (Å²) in [5, 5.41) is 3.87. The Kier molecular flexibility index (Phi) is 7.51. The number of benzene rings is 2. The fourth-order valence-corrected chi connectivity index (χ4v) is 5.19. The van der Waals surface area contributed by atoms with Crippen LogP contribution in [0.2, 0.25) is 5.02 Å². The molecule has 0 bridgehead atoms. The van der Waals surface area contributed by atoms with E-state index in [1.807, 2.05) is 50.2 Å². The molecule has 7 heteroatoms. The monoisotopic (exact) mass is 495 g/mol. The molecule has 0 radical (unpaired) electrons. The van der Waals surface area contributed by atoms with Crippen LogP contribution in [0.5, 0.6) is 11.5 Å². The summed E-state index contributed by atoms with van der Waals surface area (Å²) in [4.78, 5) is 26.8. The van der Waals surface area contributed by atoms with E-state index in [1.165, 1.54) is 0 Å². The SMILES string of the molecule is CCCOC(=O)C1=C(C)NC2=C(C(=O)C[C@H](c3ccc(OC)c(OC)c3)C2)[C@H]1c1ccccc1Cl. The molecule has 0 saturated heterocycles. The predicted molar refractivity (Wildman–Crippen MR) is 135 cm³/mol. The highest BCUT2D eigenvalue weighted by molar-refractivity contribution is 6.31. The summed E-state index contributed by atoms with van der Waals surface area (Å²) >= 11 is 6.59. The highest BCUT2D eigenvalue weighted by Crippen LogP contribution is 2.47. The highest BCUT2D eigenvalue weighted by Gasteiger charge is 2.42. The first kappa shape index (κ1) is 24.9. The maximum absolute atomic E-state index is 13.7. The molecule has 2 aromatic carbocycles. The summed E-state index contributed by atoms with van der Waals surface area (Å²) in [7, 11) is 3.19. The maximum atomic E-state index is 13.7. The molecule has 1 aliphatic heterocycles. The Morgan fingerprint density at radius 3 is 2.51 bits per heavy atom. The Morgan fingerprint density at radius 2 is 1.83 bits per heavy atom. The zero-order valence-corrected chi connectivity index (χ0v) is 21.2. The third kappa shape index (κ3) is 4.80. The van der Waals surface area contributed by atoms with Gasteiger partial charge in [-0.1, -0.05) is 42.8 Å². The Bertz CT molecular complexity index is 1220. The molecule has 2 atom stereocenters. The van der Waals surface area contributed by atoms with E-state index in [0.29, 0.717) is 59.2 Å². The van der Waals surface area contributed by atoms with Crippen molar-refractivity contribution in [3.05, 3.63) is 81.2 Å². The van der Waals surface area contributed by atoms with Gasteiger partial charge in [-0.2, -0.15) is 0 Å². The van der Waals surface area contributed by atoms with Gasteiger partial charge in [0.25, 0.3) is 0 Å². The second-order valence-corrected chi connectivity index (χ2v) is 9.20. The quantitative estimate of drug-likeness (QED) is 0.499. The number of hydrogen-bond acceptors (Lipinski definition) is 6. The minimum absolute atomic E-state index is 0.0169. The number of hydrogen-bond donors (Lipinski definition) is 1. The largest absolute Gasteiger partial charge is 0.493 e. The summed E-state index contributed by atoms with van der Waals surface area (Å²) in [5.41, 5.74) is 4.23. The Hall–Kier alpha value is -3.25. The molecule has 0 aromatic heterocycles. The van der Waals surface area contributed by atoms with E-state index < -0.39 is 11.9 Å². The van der Waals surface area contributed by atoms with Crippen LogP contribution in [0.1, 0.15) is 56.1 Å². The average molecular weight is 496 g/mol. The van der Waals surface area contributed by atoms with Crippen LogP contribution in [-0.2, 0) is 14.3 Å². The molecule has 1 N–H and O–H groups in total. The molecule has 0 saturated carbocycles. The summed E-state index contributed by atoms with van der Waals surface area (Å²) in [6.07, 6.45) is 1.64. The van der Waals surface area contributed by atoms with Crippen molar-refractivity contribution in [2.24, 2.45) is 0 Å². The van der Waals surface area contributed by atoms with Crippen LogP contribution in [0, 0.1) is 0 Å². The number of methoxy groups -OCH3 is 2. The van der Waals surface area contributed by atoms with Crippen molar-refractivity contribution in [1.29, 1.82) is 0 Å². The second-order valence-electron chi connectivity index (χ2n) is 8.79. The number of esters is 1. The van der Waals surface area contributed by atoms with Gasteiger partial charge in [-0.25, -0.2) is 4.79 Å². The zero-order chi connectivity index (χ0) is 25.1. The van der Waals surface area contributed by atoms with Crippen LogP contribution in [0.25, 0.3) is 0 Å². The van der Waals surface area contributed by atoms with Crippen LogP contribution < -0.4 is 14.8 Å². The molecule has 0 amide bonds. The van der Waals surface area contributed by atoms with Gasteiger partial charge < -0.3 is 19.5 Å². The number of nitrogens with one attached hydrogen (secondary N) is 1. The topological polar surface area (TPSA) is 73.9 Å². The number of dihydropyridines is 1. The van der Waals surface area contributed by atoms with Crippen LogP contribution >= 0.6 is 11.6 Å². The van der Waals surface area contributed by atoms with Gasteiger partial charge in [0, 0.05) is 34.3 Å². The number of rotatable bonds is 7. The minimum atomic E-state index is -0.580.